The van der Waals surface area contributed by atoms with Gasteiger partial charge in [0.05, 0.1) is 53.4 Å². The summed E-state index contributed by atoms with van der Waals surface area (Å²) in [6.07, 6.45) is 2.61. The molecular formula is C30H26F3N7O5S. The summed E-state index contributed by atoms with van der Waals surface area (Å²) in [6, 6.07) is 17.6. The number of alkyl halides is 3. The molecule has 5 heterocycles. The standard InChI is InChI=1S/C28H25N7O3S.C2HF3O2/c1-33-25-16-20(7-11-24(25)32-39(33,36)37)26-17-29-27(34-12-14-38-15-13-34)28-31-22(18-35(26)28)10-9-21-8-6-19-4-2-3-5-23(19)30-21;3-2(4,5)1(6)7/h2-11,16-18,32H,12-15H2,1H3;(H,6,7). The largest absolute Gasteiger partial charge is 0.490 e. The molecule has 2 aliphatic rings. The molecule has 2 N–H and O–H groups in total. The highest BCUT2D eigenvalue weighted by molar-refractivity contribution is 7.94. The summed E-state index contributed by atoms with van der Waals surface area (Å²) in [6.45, 7) is 2.73. The van der Waals surface area contributed by atoms with Crippen molar-refractivity contribution in [3.63, 3.8) is 0 Å². The van der Waals surface area contributed by atoms with Crippen molar-refractivity contribution < 1.29 is 36.2 Å². The van der Waals surface area contributed by atoms with E-state index in [4.69, 9.17) is 29.6 Å². The van der Waals surface area contributed by atoms with E-state index in [-0.39, 0.29) is 0 Å². The lowest BCUT2D eigenvalue weighted by atomic mass is 10.1. The predicted molar refractivity (Wildman–Crippen MR) is 167 cm³/mol. The number of nitrogens with zero attached hydrogens (tertiary/aromatic N) is 6. The molecule has 1 fully saturated rings. The van der Waals surface area contributed by atoms with Crippen LogP contribution in [0.5, 0.6) is 0 Å². The number of para-hydroxylation sites is 1. The minimum absolute atomic E-state index is 0.549. The lowest BCUT2D eigenvalue weighted by molar-refractivity contribution is -0.192. The summed E-state index contributed by atoms with van der Waals surface area (Å²) >= 11 is 0. The molecule has 0 aliphatic carbocycles. The number of carbonyl (C=O) groups is 1. The van der Waals surface area contributed by atoms with Crippen LogP contribution in [-0.4, -0.2) is 78.4 Å². The number of aromatic nitrogens is 4. The van der Waals surface area contributed by atoms with Gasteiger partial charge in [0.1, 0.15) is 0 Å². The summed E-state index contributed by atoms with van der Waals surface area (Å²) < 4.78 is 67.8. The number of ether oxygens (including phenoxy) is 1. The number of halogens is 3. The van der Waals surface area contributed by atoms with Crippen LogP contribution in [0.4, 0.5) is 30.4 Å². The highest BCUT2D eigenvalue weighted by Crippen LogP contribution is 2.38. The molecule has 2 aromatic carbocycles. The summed E-state index contributed by atoms with van der Waals surface area (Å²) in [4.78, 5) is 25.6. The van der Waals surface area contributed by atoms with Gasteiger partial charge in [0, 0.05) is 37.3 Å². The van der Waals surface area contributed by atoms with E-state index in [1.807, 2.05) is 71.4 Å². The van der Waals surface area contributed by atoms with Crippen LogP contribution >= 0.6 is 0 Å². The van der Waals surface area contributed by atoms with Crippen molar-refractivity contribution in [2.75, 3.05) is 47.3 Å². The Labute approximate surface area is 260 Å². The molecule has 0 radical (unpaired) electrons. The molecule has 0 bridgehead atoms. The summed E-state index contributed by atoms with van der Waals surface area (Å²) in [5, 5.41) is 8.22. The second-order valence-electron chi connectivity index (χ2n) is 10.3. The fourth-order valence-corrected chi connectivity index (χ4v) is 5.99. The van der Waals surface area contributed by atoms with Gasteiger partial charge in [-0.1, -0.05) is 30.3 Å². The fourth-order valence-electron chi connectivity index (χ4n) is 4.99. The van der Waals surface area contributed by atoms with Gasteiger partial charge in [0.25, 0.3) is 0 Å². The van der Waals surface area contributed by atoms with Crippen LogP contribution in [0.3, 0.4) is 0 Å². The first-order chi connectivity index (χ1) is 21.9. The first kappa shape index (κ1) is 30.8. The lowest BCUT2D eigenvalue weighted by Crippen LogP contribution is -2.37. The SMILES string of the molecule is CN1c2cc(-c3cnc(N4CCOCC4)c4nc(C=Cc5ccc6ccccc6n5)cn34)ccc2NS1(=O)=O.O=C(O)C(F)(F)F. The smallest absolute Gasteiger partial charge is 0.475 e. The number of hydrogen-bond acceptors (Lipinski definition) is 8. The van der Waals surface area contributed by atoms with Crippen LogP contribution < -0.4 is 13.9 Å². The number of aliphatic carboxylic acids is 1. The number of carboxylic acid groups (broad SMARTS) is 1. The van der Waals surface area contributed by atoms with Gasteiger partial charge in [-0.05, 0) is 36.4 Å². The van der Waals surface area contributed by atoms with Gasteiger partial charge in [-0.25, -0.2) is 19.7 Å². The van der Waals surface area contributed by atoms with Gasteiger partial charge < -0.3 is 14.7 Å². The zero-order chi connectivity index (χ0) is 32.6. The fraction of sp³-hybridized carbons (Fsp3) is 0.200. The molecule has 1 saturated heterocycles. The topological polar surface area (TPSA) is 142 Å². The summed E-state index contributed by atoms with van der Waals surface area (Å²) in [7, 11) is -2.04. The molecule has 12 nitrogen and oxygen atoms in total. The zero-order valence-electron chi connectivity index (χ0n) is 24.1. The molecule has 238 valence electrons. The maximum Gasteiger partial charge on any atom is 0.490 e. The molecule has 0 spiro atoms. The second kappa shape index (κ2) is 11.9. The Kier molecular flexibility index (Phi) is 7.99. The molecular weight excluding hydrogens is 627 g/mol. The van der Waals surface area contributed by atoms with E-state index >= 15 is 0 Å². The van der Waals surface area contributed by atoms with Crippen molar-refractivity contribution in [3.05, 3.63) is 78.4 Å². The third-order valence-corrected chi connectivity index (χ3v) is 8.72. The predicted octanol–water partition coefficient (Wildman–Crippen LogP) is 4.69. The van der Waals surface area contributed by atoms with Gasteiger partial charge in [0.2, 0.25) is 0 Å². The number of morpholine rings is 1. The van der Waals surface area contributed by atoms with Crippen LogP contribution in [0.15, 0.2) is 67.0 Å². The number of carboxylic acids is 1. The van der Waals surface area contributed by atoms with E-state index in [1.165, 1.54) is 11.4 Å². The first-order valence-electron chi connectivity index (χ1n) is 13.9. The van der Waals surface area contributed by atoms with Gasteiger partial charge in [-0.3, -0.25) is 13.4 Å². The molecule has 0 atom stereocenters. The zero-order valence-corrected chi connectivity index (χ0v) is 25.0. The molecule has 7 rings (SSSR count). The number of nitrogens with one attached hydrogen (secondary N) is 1. The van der Waals surface area contributed by atoms with E-state index in [2.05, 4.69) is 15.7 Å². The van der Waals surface area contributed by atoms with Crippen molar-refractivity contribution in [2.24, 2.45) is 0 Å². The Bertz CT molecular complexity index is 2090. The van der Waals surface area contributed by atoms with Crippen LogP contribution in [-0.2, 0) is 19.7 Å². The van der Waals surface area contributed by atoms with Crippen molar-refractivity contribution >= 4 is 62.1 Å². The van der Waals surface area contributed by atoms with E-state index in [0.29, 0.717) is 24.6 Å². The Balaban J connectivity index is 0.000000480. The van der Waals surface area contributed by atoms with E-state index in [1.54, 1.807) is 6.07 Å². The van der Waals surface area contributed by atoms with Gasteiger partial charge in [0.15, 0.2) is 11.5 Å². The summed E-state index contributed by atoms with van der Waals surface area (Å²) in [5.74, 6) is -1.97. The Hall–Kier alpha value is -5.22. The lowest BCUT2D eigenvalue weighted by Gasteiger charge is -2.28. The van der Waals surface area contributed by atoms with Gasteiger partial charge >= 0.3 is 22.4 Å². The maximum atomic E-state index is 12.3. The monoisotopic (exact) mass is 653 g/mol. The Morgan fingerprint density at radius 3 is 2.48 bits per heavy atom. The van der Waals surface area contributed by atoms with Crippen LogP contribution in [0, 0.1) is 0 Å². The van der Waals surface area contributed by atoms with Crippen LogP contribution in [0.25, 0.3) is 40.0 Å². The van der Waals surface area contributed by atoms with Crippen LogP contribution in [0.2, 0.25) is 0 Å². The third-order valence-electron chi connectivity index (χ3n) is 7.32. The second-order valence-corrected chi connectivity index (χ2v) is 12.0. The number of pyridine rings is 1. The molecule has 2 aliphatic heterocycles. The van der Waals surface area contributed by atoms with Crippen molar-refractivity contribution in [2.45, 2.75) is 6.18 Å². The average molecular weight is 654 g/mol. The number of hydrogen-bond donors (Lipinski definition) is 2. The van der Waals surface area contributed by atoms with Gasteiger partial charge in [-0.2, -0.15) is 21.6 Å². The highest BCUT2D eigenvalue weighted by Gasteiger charge is 2.38. The van der Waals surface area contributed by atoms with E-state index in [9.17, 15) is 21.6 Å². The minimum atomic E-state index is -5.08. The molecule has 16 heteroatoms. The molecule has 0 unspecified atom stereocenters. The Morgan fingerprint density at radius 2 is 1.74 bits per heavy atom. The average Bonchev–Trinajstić information content (AvgIpc) is 3.57. The third kappa shape index (κ3) is 6.16. The van der Waals surface area contributed by atoms with Crippen molar-refractivity contribution in [1.82, 2.24) is 19.4 Å². The number of fused-ring (bicyclic) bond motifs is 3. The Morgan fingerprint density at radius 1 is 1.02 bits per heavy atom. The van der Waals surface area contributed by atoms with Crippen LogP contribution in [0.1, 0.15) is 11.4 Å². The molecule has 0 amide bonds. The number of benzene rings is 2. The van der Waals surface area contributed by atoms with E-state index in [0.717, 1.165) is 58.1 Å². The quantitative estimate of drug-likeness (QED) is 0.283. The minimum Gasteiger partial charge on any atom is -0.475 e. The van der Waals surface area contributed by atoms with Crippen molar-refractivity contribution in [1.29, 1.82) is 0 Å². The molecule has 3 aromatic heterocycles. The highest BCUT2D eigenvalue weighted by atomic mass is 32.2. The molecule has 0 saturated carbocycles. The van der Waals surface area contributed by atoms with Crippen molar-refractivity contribution in [3.8, 4) is 11.3 Å². The maximum absolute atomic E-state index is 12.3. The number of anilines is 3. The molecule has 46 heavy (non-hydrogen) atoms. The van der Waals surface area contributed by atoms with Gasteiger partial charge in [-0.15, -0.1) is 0 Å². The van der Waals surface area contributed by atoms with E-state index < -0.39 is 22.4 Å². The first-order valence-corrected chi connectivity index (χ1v) is 15.3. The normalized spacial score (nSPS) is 15.9. The number of imidazole rings is 1. The summed E-state index contributed by atoms with van der Waals surface area (Å²) in [5.41, 5.74) is 6.03. The number of rotatable bonds is 4. The molecule has 5 aromatic rings.